The van der Waals surface area contributed by atoms with E-state index in [9.17, 15) is 9.59 Å². The molecule has 1 saturated heterocycles. The summed E-state index contributed by atoms with van der Waals surface area (Å²) < 4.78 is 18.0. The Hall–Kier alpha value is -5.33. The van der Waals surface area contributed by atoms with Crippen LogP contribution in [0.3, 0.4) is 0 Å². The van der Waals surface area contributed by atoms with Gasteiger partial charge in [-0.15, -0.1) is 0 Å². The molecule has 13 nitrogen and oxygen atoms in total. The van der Waals surface area contributed by atoms with E-state index in [0.29, 0.717) is 47.7 Å². The third-order valence-electron chi connectivity index (χ3n) is 7.27. The maximum atomic E-state index is 14.0. The Morgan fingerprint density at radius 2 is 1.77 bits per heavy atom. The van der Waals surface area contributed by atoms with Crippen molar-refractivity contribution in [1.29, 1.82) is 0 Å². The van der Waals surface area contributed by atoms with E-state index in [0.717, 1.165) is 5.56 Å². The summed E-state index contributed by atoms with van der Waals surface area (Å²) in [6.45, 7) is 2.74. The van der Waals surface area contributed by atoms with E-state index in [1.165, 1.54) is 6.33 Å². The number of carbonyl (C=O) groups excluding carboxylic acids is 2. The Balaban J connectivity index is 1.40. The largest absolute Gasteiger partial charge is 0.497 e. The van der Waals surface area contributed by atoms with Crippen LogP contribution in [-0.4, -0.2) is 83.4 Å². The molecule has 1 aliphatic rings. The number of hydrogen-bond acceptors (Lipinski definition) is 9. The van der Waals surface area contributed by atoms with E-state index < -0.39 is 12.1 Å². The van der Waals surface area contributed by atoms with Crippen LogP contribution in [0, 0.1) is 0 Å². The fraction of sp³-hybridized carbons (Fsp3) is 0.300. The number of nitrogens with one attached hydrogen (secondary N) is 2. The zero-order valence-electron chi connectivity index (χ0n) is 24.4. The van der Waals surface area contributed by atoms with Crippen LogP contribution >= 0.6 is 0 Å². The van der Waals surface area contributed by atoms with Crippen LogP contribution in [-0.2, 0) is 4.79 Å². The average molecular weight is 587 g/mol. The molecule has 3 amide bonds. The summed E-state index contributed by atoms with van der Waals surface area (Å²) in [6, 6.07) is 12.9. The predicted octanol–water partition coefficient (Wildman–Crippen LogP) is 3.29. The lowest BCUT2D eigenvalue weighted by Gasteiger charge is -2.41. The molecule has 2 aromatic carbocycles. The minimum absolute atomic E-state index is 0.125. The van der Waals surface area contributed by atoms with E-state index in [-0.39, 0.29) is 18.5 Å². The average Bonchev–Trinajstić information content (AvgIpc) is 3.60. The van der Waals surface area contributed by atoms with Crippen LogP contribution < -0.4 is 29.7 Å². The smallest absolute Gasteiger partial charge is 0.321 e. The molecule has 0 radical (unpaired) electrons. The summed E-state index contributed by atoms with van der Waals surface area (Å²) >= 11 is 0. The zero-order chi connectivity index (χ0) is 30.3. The van der Waals surface area contributed by atoms with E-state index in [1.807, 2.05) is 24.0 Å². The Kier molecular flexibility index (Phi) is 8.89. The van der Waals surface area contributed by atoms with Gasteiger partial charge in [-0.05, 0) is 37.3 Å². The number of imidazole rings is 1. The third-order valence-corrected chi connectivity index (χ3v) is 7.27. The number of aromatic nitrogens is 4. The van der Waals surface area contributed by atoms with Gasteiger partial charge in [0.1, 0.15) is 36.1 Å². The first-order chi connectivity index (χ1) is 20.9. The lowest BCUT2D eigenvalue weighted by atomic mass is 10.0. The SMILES string of the molecule is COc1ccc(NC(=O)N2CCN(c3cc(-n4ccnc4)ncn3)C(C(=O)NC(C)c3cccc(OC)c3OC)C2)cc1. The Morgan fingerprint density at radius 1 is 0.977 bits per heavy atom. The second-order valence-corrected chi connectivity index (χ2v) is 9.83. The normalized spacial score (nSPS) is 15.4. The summed E-state index contributed by atoms with van der Waals surface area (Å²) in [7, 11) is 4.71. The summed E-state index contributed by atoms with van der Waals surface area (Å²) in [5.74, 6) is 2.68. The molecule has 2 aromatic heterocycles. The van der Waals surface area contributed by atoms with Crippen molar-refractivity contribution in [2.75, 3.05) is 51.2 Å². The van der Waals surface area contributed by atoms with Gasteiger partial charge in [0.2, 0.25) is 5.91 Å². The Labute approximate surface area is 249 Å². The molecular formula is C30H34N8O5. The van der Waals surface area contributed by atoms with Gasteiger partial charge in [0.15, 0.2) is 11.5 Å². The molecule has 3 heterocycles. The van der Waals surface area contributed by atoms with Crippen LogP contribution in [0.15, 0.2) is 73.6 Å². The number of methoxy groups -OCH3 is 3. The van der Waals surface area contributed by atoms with E-state index in [1.54, 1.807) is 85.9 Å². The van der Waals surface area contributed by atoms with Crippen molar-refractivity contribution < 1.29 is 23.8 Å². The number of nitrogens with zero attached hydrogens (tertiary/aromatic N) is 6. The molecule has 13 heteroatoms. The second kappa shape index (κ2) is 13.1. The van der Waals surface area contributed by atoms with Crippen molar-refractivity contribution in [2.24, 2.45) is 0 Å². The molecule has 0 spiro atoms. The quantitative estimate of drug-likeness (QED) is 0.303. The Morgan fingerprint density at radius 3 is 2.47 bits per heavy atom. The number of anilines is 2. The highest BCUT2D eigenvalue weighted by molar-refractivity contribution is 5.91. The molecule has 2 N–H and O–H groups in total. The van der Waals surface area contributed by atoms with E-state index in [4.69, 9.17) is 14.2 Å². The summed E-state index contributed by atoms with van der Waals surface area (Å²) in [6.07, 6.45) is 6.53. The van der Waals surface area contributed by atoms with Gasteiger partial charge in [-0.25, -0.2) is 19.7 Å². The zero-order valence-corrected chi connectivity index (χ0v) is 24.4. The van der Waals surface area contributed by atoms with Gasteiger partial charge in [0, 0.05) is 42.8 Å². The van der Waals surface area contributed by atoms with Gasteiger partial charge in [-0.2, -0.15) is 0 Å². The molecule has 0 bridgehead atoms. The van der Waals surface area contributed by atoms with Gasteiger partial charge < -0.3 is 34.6 Å². The minimum atomic E-state index is -0.750. The molecule has 5 rings (SSSR count). The monoisotopic (exact) mass is 586 g/mol. The van der Waals surface area contributed by atoms with Crippen LogP contribution in [0.4, 0.5) is 16.3 Å². The molecule has 4 aromatic rings. The molecule has 224 valence electrons. The molecule has 0 aliphatic carbocycles. The topological polar surface area (TPSA) is 136 Å². The highest BCUT2D eigenvalue weighted by Crippen LogP contribution is 2.34. The highest BCUT2D eigenvalue weighted by Gasteiger charge is 2.36. The Bertz CT molecular complexity index is 1550. The maximum Gasteiger partial charge on any atom is 0.321 e. The van der Waals surface area contributed by atoms with Crippen molar-refractivity contribution in [3.63, 3.8) is 0 Å². The second-order valence-electron chi connectivity index (χ2n) is 9.83. The van der Waals surface area contributed by atoms with Gasteiger partial charge in [0.25, 0.3) is 0 Å². The number of piperazine rings is 1. The molecule has 2 atom stereocenters. The third kappa shape index (κ3) is 6.45. The van der Waals surface area contributed by atoms with Crippen molar-refractivity contribution in [3.8, 4) is 23.1 Å². The minimum Gasteiger partial charge on any atom is -0.497 e. The lowest BCUT2D eigenvalue weighted by molar-refractivity contribution is -0.123. The van der Waals surface area contributed by atoms with Crippen LogP contribution in [0.25, 0.3) is 5.82 Å². The van der Waals surface area contributed by atoms with Gasteiger partial charge >= 0.3 is 6.03 Å². The van der Waals surface area contributed by atoms with Crippen LogP contribution in [0.5, 0.6) is 17.2 Å². The number of rotatable bonds is 9. The predicted molar refractivity (Wildman–Crippen MR) is 160 cm³/mol. The molecular weight excluding hydrogens is 552 g/mol. The summed E-state index contributed by atoms with van der Waals surface area (Å²) in [5.41, 5.74) is 1.38. The number of urea groups is 1. The highest BCUT2D eigenvalue weighted by atomic mass is 16.5. The first kappa shape index (κ1) is 29.2. The van der Waals surface area contributed by atoms with Crippen molar-refractivity contribution >= 4 is 23.4 Å². The number of amides is 3. The van der Waals surface area contributed by atoms with Crippen molar-refractivity contribution in [2.45, 2.75) is 19.0 Å². The molecule has 0 saturated carbocycles. The van der Waals surface area contributed by atoms with Crippen LogP contribution in [0.1, 0.15) is 18.5 Å². The molecule has 1 aliphatic heterocycles. The number of carbonyl (C=O) groups is 2. The number of ether oxygens (including phenoxy) is 3. The van der Waals surface area contributed by atoms with Crippen LogP contribution in [0.2, 0.25) is 0 Å². The number of benzene rings is 2. The summed E-state index contributed by atoms with van der Waals surface area (Å²) in [4.78, 5) is 43.7. The number of hydrogen-bond donors (Lipinski definition) is 2. The van der Waals surface area contributed by atoms with Gasteiger partial charge in [-0.3, -0.25) is 9.36 Å². The first-order valence-corrected chi connectivity index (χ1v) is 13.7. The molecule has 43 heavy (non-hydrogen) atoms. The van der Waals surface area contributed by atoms with Crippen molar-refractivity contribution in [1.82, 2.24) is 29.7 Å². The van der Waals surface area contributed by atoms with Gasteiger partial charge in [0.05, 0.1) is 33.9 Å². The van der Waals surface area contributed by atoms with E-state index >= 15 is 0 Å². The maximum absolute atomic E-state index is 14.0. The van der Waals surface area contributed by atoms with Crippen molar-refractivity contribution in [3.05, 3.63) is 79.1 Å². The van der Waals surface area contributed by atoms with E-state index in [2.05, 4.69) is 25.6 Å². The summed E-state index contributed by atoms with van der Waals surface area (Å²) in [5, 5.41) is 6.02. The van der Waals surface area contributed by atoms with Gasteiger partial charge in [-0.1, -0.05) is 12.1 Å². The molecule has 2 unspecified atom stereocenters. The number of para-hydroxylation sites is 1. The fourth-order valence-corrected chi connectivity index (χ4v) is 5.01. The first-order valence-electron chi connectivity index (χ1n) is 13.7. The standard InChI is InChI=1S/C30H34N8O5/c1-20(23-6-5-7-25(42-3)28(23)43-4)34-29(39)24-17-36(30(40)35-21-8-10-22(41-2)11-9-21)14-15-38(24)27-16-26(32-18-33-27)37-13-12-31-19-37/h5-13,16,18-20,24H,14-15,17H2,1-4H3,(H,34,39)(H,35,40). The lowest BCUT2D eigenvalue weighted by Crippen LogP contribution is -2.61. The fourth-order valence-electron chi connectivity index (χ4n) is 5.01. The molecule has 1 fully saturated rings.